The highest BCUT2D eigenvalue weighted by molar-refractivity contribution is 5.32. The number of nitrogens with one attached hydrogen (secondary N) is 1. The van der Waals surface area contributed by atoms with Crippen LogP contribution in [0.4, 0.5) is 0 Å². The molecule has 1 aromatic carbocycles. The van der Waals surface area contributed by atoms with Gasteiger partial charge in [-0.25, -0.2) is 0 Å². The number of hydrogen-bond donors (Lipinski definition) is 2. The molecule has 0 amide bonds. The quantitative estimate of drug-likeness (QED) is 0.734. The molecule has 4 nitrogen and oxygen atoms in total. The van der Waals surface area contributed by atoms with Gasteiger partial charge in [-0.1, -0.05) is 19.9 Å². The average molecular weight is 293 g/mol. The maximum atomic E-state index is 9.97. The Kier molecular flexibility index (Phi) is 5.48. The molecule has 0 heterocycles. The Labute approximate surface area is 127 Å². The summed E-state index contributed by atoms with van der Waals surface area (Å²) in [6.07, 6.45) is 2.10. The van der Waals surface area contributed by atoms with E-state index < -0.39 is 6.10 Å². The molecule has 0 spiro atoms. The number of methoxy groups -OCH3 is 1. The molecule has 2 rings (SSSR count). The van der Waals surface area contributed by atoms with Crippen LogP contribution in [0.15, 0.2) is 24.3 Å². The van der Waals surface area contributed by atoms with Gasteiger partial charge in [-0.2, -0.15) is 0 Å². The Balaban J connectivity index is 1.66. The summed E-state index contributed by atoms with van der Waals surface area (Å²) in [5.74, 6) is 2.18. The largest absolute Gasteiger partial charge is 0.497 e. The lowest BCUT2D eigenvalue weighted by Gasteiger charge is -2.21. The van der Waals surface area contributed by atoms with E-state index in [0.29, 0.717) is 23.6 Å². The van der Waals surface area contributed by atoms with E-state index in [1.807, 2.05) is 24.3 Å². The van der Waals surface area contributed by atoms with E-state index in [4.69, 9.17) is 9.47 Å². The Morgan fingerprint density at radius 2 is 2.00 bits per heavy atom. The molecule has 0 aliphatic heterocycles. The van der Waals surface area contributed by atoms with Gasteiger partial charge in [-0.15, -0.1) is 0 Å². The number of benzene rings is 1. The maximum Gasteiger partial charge on any atom is 0.123 e. The average Bonchev–Trinajstić information content (AvgIpc) is 3.26. The van der Waals surface area contributed by atoms with Crippen LogP contribution in [0.25, 0.3) is 0 Å². The predicted molar refractivity (Wildman–Crippen MR) is 83.9 cm³/mol. The molecule has 21 heavy (non-hydrogen) atoms. The van der Waals surface area contributed by atoms with Gasteiger partial charge in [0.2, 0.25) is 0 Å². The van der Waals surface area contributed by atoms with Gasteiger partial charge in [0.1, 0.15) is 24.2 Å². The fourth-order valence-corrected chi connectivity index (χ4v) is 2.55. The van der Waals surface area contributed by atoms with E-state index in [9.17, 15) is 5.11 Å². The lowest BCUT2D eigenvalue weighted by molar-refractivity contribution is 0.104. The molecule has 1 atom stereocenters. The molecule has 0 saturated heterocycles. The highest BCUT2D eigenvalue weighted by Gasteiger charge is 2.44. The van der Waals surface area contributed by atoms with Crippen molar-refractivity contribution in [3.63, 3.8) is 0 Å². The van der Waals surface area contributed by atoms with Crippen LogP contribution in [0, 0.1) is 11.3 Å². The Bertz CT molecular complexity index is 443. The molecule has 0 bridgehead atoms. The molecular weight excluding hydrogens is 266 g/mol. The smallest absolute Gasteiger partial charge is 0.123 e. The summed E-state index contributed by atoms with van der Waals surface area (Å²) in [5.41, 5.74) is 0.466. The van der Waals surface area contributed by atoms with Crippen LogP contribution in [0.2, 0.25) is 0 Å². The van der Waals surface area contributed by atoms with E-state index in [-0.39, 0.29) is 6.61 Å². The molecule has 0 aromatic heterocycles. The highest BCUT2D eigenvalue weighted by atomic mass is 16.5. The number of aliphatic hydroxyl groups is 1. The summed E-state index contributed by atoms with van der Waals surface area (Å²) in [4.78, 5) is 0. The van der Waals surface area contributed by atoms with Gasteiger partial charge in [-0.3, -0.25) is 0 Å². The molecule has 0 radical (unpaired) electrons. The van der Waals surface area contributed by atoms with Crippen LogP contribution in [0.5, 0.6) is 11.5 Å². The second-order valence-corrected chi connectivity index (χ2v) is 6.29. The van der Waals surface area contributed by atoms with Crippen molar-refractivity contribution in [2.45, 2.75) is 32.8 Å². The van der Waals surface area contributed by atoms with Crippen molar-refractivity contribution < 1.29 is 14.6 Å². The number of aliphatic hydroxyl groups excluding tert-OH is 1. The summed E-state index contributed by atoms with van der Waals surface area (Å²) >= 11 is 0. The first kappa shape index (κ1) is 16.1. The second kappa shape index (κ2) is 7.14. The minimum Gasteiger partial charge on any atom is -0.497 e. The Morgan fingerprint density at radius 3 is 2.62 bits per heavy atom. The van der Waals surface area contributed by atoms with Crippen molar-refractivity contribution in [1.82, 2.24) is 5.32 Å². The van der Waals surface area contributed by atoms with Crippen LogP contribution in [-0.2, 0) is 0 Å². The first-order valence-electron chi connectivity index (χ1n) is 7.71. The van der Waals surface area contributed by atoms with Crippen molar-refractivity contribution in [3.05, 3.63) is 24.3 Å². The fourth-order valence-electron chi connectivity index (χ4n) is 2.55. The summed E-state index contributed by atoms with van der Waals surface area (Å²) in [7, 11) is 1.63. The SMILES string of the molecule is COc1cccc(OCC(O)CNCC2(C(C)C)CC2)c1. The van der Waals surface area contributed by atoms with Crippen molar-refractivity contribution in [2.24, 2.45) is 11.3 Å². The zero-order valence-corrected chi connectivity index (χ0v) is 13.3. The van der Waals surface area contributed by atoms with Crippen LogP contribution >= 0.6 is 0 Å². The third-order valence-corrected chi connectivity index (χ3v) is 4.46. The zero-order valence-electron chi connectivity index (χ0n) is 13.3. The summed E-state index contributed by atoms with van der Waals surface area (Å²) in [5, 5.41) is 13.3. The minimum atomic E-state index is -0.501. The van der Waals surface area contributed by atoms with Gasteiger partial charge < -0.3 is 19.9 Å². The van der Waals surface area contributed by atoms with Crippen LogP contribution in [-0.4, -0.2) is 38.0 Å². The molecular formula is C17H27NO3. The lowest BCUT2D eigenvalue weighted by Crippen LogP contribution is -2.36. The third-order valence-electron chi connectivity index (χ3n) is 4.46. The van der Waals surface area contributed by atoms with Gasteiger partial charge in [-0.05, 0) is 36.3 Å². The Morgan fingerprint density at radius 1 is 1.29 bits per heavy atom. The normalized spacial score (nSPS) is 17.6. The predicted octanol–water partition coefficient (Wildman–Crippen LogP) is 2.46. The monoisotopic (exact) mass is 293 g/mol. The molecule has 1 saturated carbocycles. The molecule has 1 aliphatic carbocycles. The van der Waals surface area contributed by atoms with Gasteiger partial charge in [0.25, 0.3) is 0 Å². The summed E-state index contributed by atoms with van der Waals surface area (Å²) in [6.45, 7) is 6.39. The van der Waals surface area contributed by atoms with Crippen LogP contribution < -0.4 is 14.8 Å². The van der Waals surface area contributed by atoms with Crippen molar-refractivity contribution in [3.8, 4) is 11.5 Å². The van der Waals surface area contributed by atoms with Crippen molar-refractivity contribution in [2.75, 3.05) is 26.8 Å². The van der Waals surface area contributed by atoms with Gasteiger partial charge in [0.05, 0.1) is 7.11 Å². The fraction of sp³-hybridized carbons (Fsp3) is 0.647. The molecule has 1 fully saturated rings. The topological polar surface area (TPSA) is 50.7 Å². The van der Waals surface area contributed by atoms with E-state index in [2.05, 4.69) is 19.2 Å². The first-order chi connectivity index (χ1) is 10.1. The summed E-state index contributed by atoms with van der Waals surface area (Å²) in [6, 6.07) is 7.42. The van der Waals surface area contributed by atoms with Gasteiger partial charge in [0.15, 0.2) is 0 Å². The first-order valence-corrected chi connectivity index (χ1v) is 7.71. The molecule has 4 heteroatoms. The van der Waals surface area contributed by atoms with Crippen LogP contribution in [0.3, 0.4) is 0 Å². The number of hydrogen-bond acceptors (Lipinski definition) is 4. The third kappa shape index (κ3) is 4.61. The molecule has 1 unspecified atom stereocenters. The molecule has 2 N–H and O–H groups in total. The van der Waals surface area contributed by atoms with Crippen molar-refractivity contribution >= 4 is 0 Å². The van der Waals surface area contributed by atoms with Gasteiger partial charge in [0, 0.05) is 19.2 Å². The minimum absolute atomic E-state index is 0.287. The lowest BCUT2D eigenvalue weighted by atomic mass is 9.92. The molecule has 1 aliphatic rings. The van der Waals surface area contributed by atoms with E-state index in [0.717, 1.165) is 12.3 Å². The molecule has 1 aromatic rings. The van der Waals surface area contributed by atoms with Gasteiger partial charge >= 0.3 is 0 Å². The van der Waals surface area contributed by atoms with E-state index in [1.165, 1.54) is 12.8 Å². The number of rotatable bonds is 9. The second-order valence-electron chi connectivity index (χ2n) is 6.29. The Hall–Kier alpha value is -1.26. The maximum absolute atomic E-state index is 9.97. The number of ether oxygens (including phenoxy) is 2. The zero-order chi connectivity index (χ0) is 15.3. The van der Waals surface area contributed by atoms with E-state index >= 15 is 0 Å². The van der Waals surface area contributed by atoms with Crippen molar-refractivity contribution in [1.29, 1.82) is 0 Å². The van der Waals surface area contributed by atoms with Crippen LogP contribution in [0.1, 0.15) is 26.7 Å². The standard InChI is InChI=1S/C17H27NO3/c1-13(2)17(7-8-17)12-18-10-14(19)11-21-16-6-4-5-15(9-16)20-3/h4-6,9,13-14,18-19H,7-8,10-12H2,1-3H3. The van der Waals surface area contributed by atoms with E-state index in [1.54, 1.807) is 7.11 Å². The highest BCUT2D eigenvalue weighted by Crippen LogP contribution is 2.51. The molecule has 118 valence electrons. The summed E-state index contributed by atoms with van der Waals surface area (Å²) < 4.78 is 10.7.